The Balaban J connectivity index is 2.41. The van der Waals surface area contributed by atoms with Gasteiger partial charge in [0.1, 0.15) is 6.54 Å². The van der Waals surface area contributed by atoms with Gasteiger partial charge in [-0.3, -0.25) is 9.78 Å². The molecule has 4 nitrogen and oxygen atoms in total. The zero-order chi connectivity index (χ0) is 13.1. The number of anilines is 1. The highest BCUT2D eigenvalue weighted by Crippen LogP contribution is 2.24. The molecular formula is C14H16N2O2. The highest BCUT2D eigenvalue weighted by atomic mass is 16.5. The topological polar surface area (TPSA) is 51.2 Å². The summed E-state index contributed by atoms with van der Waals surface area (Å²) in [5.41, 5.74) is 3.91. The molecule has 1 N–H and O–H groups in total. The van der Waals surface area contributed by atoms with E-state index >= 15 is 0 Å². The third-order valence-electron chi connectivity index (χ3n) is 2.74. The number of rotatable bonds is 3. The van der Waals surface area contributed by atoms with Crippen LogP contribution in [-0.4, -0.2) is 24.6 Å². The largest absolute Gasteiger partial charge is 0.468 e. The minimum absolute atomic E-state index is 0.156. The van der Waals surface area contributed by atoms with Gasteiger partial charge in [-0.25, -0.2) is 0 Å². The Labute approximate surface area is 106 Å². The summed E-state index contributed by atoms with van der Waals surface area (Å²) in [6.45, 7) is 4.12. The van der Waals surface area contributed by atoms with Gasteiger partial charge < -0.3 is 10.1 Å². The van der Waals surface area contributed by atoms with Crippen LogP contribution in [0.25, 0.3) is 10.9 Å². The van der Waals surface area contributed by atoms with E-state index in [1.54, 1.807) is 0 Å². The number of carbonyl (C=O) groups is 1. The zero-order valence-electron chi connectivity index (χ0n) is 10.8. The Morgan fingerprint density at radius 1 is 1.33 bits per heavy atom. The maximum absolute atomic E-state index is 11.2. The highest BCUT2D eigenvalue weighted by Gasteiger charge is 2.06. The van der Waals surface area contributed by atoms with Gasteiger partial charge in [-0.2, -0.15) is 0 Å². The van der Waals surface area contributed by atoms with Crippen LogP contribution in [0.1, 0.15) is 11.3 Å². The molecule has 94 valence electrons. The fourth-order valence-electron chi connectivity index (χ4n) is 1.86. The number of aromatic nitrogens is 1. The van der Waals surface area contributed by atoms with E-state index in [4.69, 9.17) is 0 Å². The maximum Gasteiger partial charge on any atom is 0.325 e. The number of carbonyl (C=O) groups excluding carboxylic acids is 1. The van der Waals surface area contributed by atoms with Crippen molar-refractivity contribution < 1.29 is 9.53 Å². The van der Waals surface area contributed by atoms with E-state index in [0.29, 0.717) is 0 Å². The van der Waals surface area contributed by atoms with Crippen LogP contribution in [0.5, 0.6) is 0 Å². The number of benzene rings is 1. The Morgan fingerprint density at radius 3 is 2.83 bits per heavy atom. The number of methoxy groups -OCH3 is 1. The molecule has 0 saturated heterocycles. The summed E-state index contributed by atoms with van der Waals surface area (Å²) in [6, 6.07) is 8.01. The first-order valence-corrected chi connectivity index (χ1v) is 5.79. The van der Waals surface area contributed by atoms with Crippen molar-refractivity contribution in [2.24, 2.45) is 0 Å². The van der Waals surface area contributed by atoms with E-state index in [1.165, 1.54) is 7.11 Å². The molecule has 4 heteroatoms. The number of esters is 1. The molecule has 18 heavy (non-hydrogen) atoms. The number of ether oxygens (including phenoxy) is 1. The third kappa shape index (κ3) is 2.59. The molecule has 0 saturated carbocycles. The van der Waals surface area contributed by atoms with Crippen molar-refractivity contribution >= 4 is 22.6 Å². The van der Waals surface area contributed by atoms with Gasteiger partial charge in [-0.1, -0.05) is 11.6 Å². The molecule has 0 unspecified atom stereocenters. The second kappa shape index (κ2) is 5.04. The predicted molar refractivity (Wildman–Crippen MR) is 71.7 cm³/mol. The van der Waals surface area contributed by atoms with E-state index in [2.05, 4.69) is 21.1 Å². The predicted octanol–water partition coefficient (Wildman–Crippen LogP) is 2.44. The van der Waals surface area contributed by atoms with Gasteiger partial charge in [0, 0.05) is 16.8 Å². The number of hydrogen-bond acceptors (Lipinski definition) is 4. The minimum atomic E-state index is -0.287. The fraction of sp³-hybridized carbons (Fsp3) is 0.286. The number of fused-ring (bicyclic) bond motifs is 1. The first-order chi connectivity index (χ1) is 8.60. The lowest BCUT2D eigenvalue weighted by Gasteiger charge is -2.10. The van der Waals surface area contributed by atoms with Crippen LogP contribution in [0.2, 0.25) is 0 Å². The number of nitrogens with one attached hydrogen (secondary N) is 1. The van der Waals surface area contributed by atoms with Crippen molar-refractivity contribution in [1.29, 1.82) is 0 Å². The number of nitrogens with zero attached hydrogens (tertiary/aromatic N) is 1. The quantitative estimate of drug-likeness (QED) is 0.842. The Kier molecular flexibility index (Phi) is 3.46. The van der Waals surface area contributed by atoms with E-state index < -0.39 is 0 Å². The summed E-state index contributed by atoms with van der Waals surface area (Å²) < 4.78 is 4.62. The second-order valence-electron chi connectivity index (χ2n) is 4.26. The number of aryl methyl sites for hydroxylation is 2. The number of hydrogen-bond donors (Lipinski definition) is 1. The van der Waals surface area contributed by atoms with Crippen LogP contribution < -0.4 is 5.32 Å². The molecule has 0 radical (unpaired) electrons. The first-order valence-electron chi connectivity index (χ1n) is 5.79. The van der Waals surface area contributed by atoms with Crippen LogP contribution in [0.15, 0.2) is 24.3 Å². The first kappa shape index (κ1) is 12.4. The summed E-state index contributed by atoms with van der Waals surface area (Å²) in [6.07, 6.45) is 0. The van der Waals surface area contributed by atoms with Crippen LogP contribution in [0, 0.1) is 13.8 Å². The summed E-state index contributed by atoms with van der Waals surface area (Å²) in [7, 11) is 1.38. The van der Waals surface area contributed by atoms with Gasteiger partial charge >= 0.3 is 5.97 Å². The molecule has 0 aliphatic carbocycles. The molecule has 0 fully saturated rings. The molecule has 1 aromatic heterocycles. The van der Waals surface area contributed by atoms with Gasteiger partial charge in [0.2, 0.25) is 0 Å². The van der Waals surface area contributed by atoms with Crippen LogP contribution in [0.3, 0.4) is 0 Å². The summed E-state index contributed by atoms with van der Waals surface area (Å²) >= 11 is 0. The normalized spacial score (nSPS) is 10.4. The lowest BCUT2D eigenvalue weighted by molar-refractivity contribution is -0.138. The maximum atomic E-state index is 11.2. The lowest BCUT2D eigenvalue weighted by Crippen LogP contribution is -2.15. The van der Waals surface area contributed by atoms with E-state index in [0.717, 1.165) is 27.8 Å². The minimum Gasteiger partial charge on any atom is -0.468 e. The highest BCUT2D eigenvalue weighted by molar-refractivity contribution is 5.93. The lowest BCUT2D eigenvalue weighted by atomic mass is 10.1. The third-order valence-corrected chi connectivity index (χ3v) is 2.74. The molecule has 0 atom stereocenters. The molecule has 2 aromatic rings. The standard InChI is InChI=1S/C14H16N2O2/c1-9-4-5-12-11(6-9)13(7-10(2)16-12)15-8-14(17)18-3/h4-7H,8H2,1-3H3,(H,15,16). The van der Waals surface area contributed by atoms with Gasteiger partial charge in [-0.05, 0) is 32.0 Å². The Morgan fingerprint density at radius 2 is 2.11 bits per heavy atom. The van der Waals surface area contributed by atoms with E-state index in [-0.39, 0.29) is 12.5 Å². The fourth-order valence-corrected chi connectivity index (χ4v) is 1.86. The van der Waals surface area contributed by atoms with Crippen molar-refractivity contribution in [3.05, 3.63) is 35.5 Å². The van der Waals surface area contributed by atoms with E-state index in [9.17, 15) is 4.79 Å². The van der Waals surface area contributed by atoms with Gasteiger partial charge in [0.05, 0.1) is 12.6 Å². The summed E-state index contributed by atoms with van der Waals surface area (Å²) in [5.74, 6) is -0.287. The van der Waals surface area contributed by atoms with Gasteiger partial charge in [0.15, 0.2) is 0 Å². The smallest absolute Gasteiger partial charge is 0.325 e. The summed E-state index contributed by atoms with van der Waals surface area (Å²) in [4.78, 5) is 15.6. The van der Waals surface area contributed by atoms with Crippen molar-refractivity contribution in [3.8, 4) is 0 Å². The SMILES string of the molecule is COC(=O)CNc1cc(C)nc2ccc(C)cc12. The zero-order valence-corrected chi connectivity index (χ0v) is 10.8. The average Bonchev–Trinajstić information content (AvgIpc) is 2.36. The second-order valence-corrected chi connectivity index (χ2v) is 4.26. The van der Waals surface area contributed by atoms with Crippen LogP contribution in [0.4, 0.5) is 5.69 Å². The van der Waals surface area contributed by atoms with Crippen molar-refractivity contribution in [2.45, 2.75) is 13.8 Å². The molecular weight excluding hydrogens is 228 g/mol. The Hall–Kier alpha value is -2.10. The molecule has 0 bridgehead atoms. The molecule has 1 aromatic carbocycles. The molecule has 2 rings (SSSR count). The monoisotopic (exact) mass is 244 g/mol. The summed E-state index contributed by atoms with van der Waals surface area (Å²) in [5, 5.41) is 4.11. The molecule has 0 aliphatic rings. The van der Waals surface area contributed by atoms with Crippen molar-refractivity contribution in [2.75, 3.05) is 19.0 Å². The van der Waals surface area contributed by atoms with Crippen molar-refractivity contribution in [1.82, 2.24) is 4.98 Å². The van der Waals surface area contributed by atoms with Crippen LogP contribution in [-0.2, 0) is 9.53 Å². The van der Waals surface area contributed by atoms with E-state index in [1.807, 2.05) is 32.0 Å². The molecule has 0 aliphatic heterocycles. The molecule has 0 spiro atoms. The number of pyridine rings is 1. The van der Waals surface area contributed by atoms with Crippen molar-refractivity contribution in [3.63, 3.8) is 0 Å². The van der Waals surface area contributed by atoms with Gasteiger partial charge in [-0.15, -0.1) is 0 Å². The molecule has 1 heterocycles. The molecule has 0 amide bonds. The Bertz CT molecular complexity index is 594. The van der Waals surface area contributed by atoms with Gasteiger partial charge in [0.25, 0.3) is 0 Å². The van der Waals surface area contributed by atoms with Crippen LogP contribution >= 0.6 is 0 Å². The average molecular weight is 244 g/mol.